The first-order valence-electron chi connectivity index (χ1n) is 12.5. The van der Waals surface area contributed by atoms with Gasteiger partial charge in [-0.1, -0.05) is 48.5 Å². The molecule has 1 fully saturated rings. The van der Waals surface area contributed by atoms with Gasteiger partial charge in [-0.2, -0.15) is 0 Å². The lowest BCUT2D eigenvalue weighted by molar-refractivity contribution is -0.138. The number of carboxylic acids is 1. The number of carbonyl (C=O) groups excluding carboxylic acids is 2. The molecule has 7 heteroatoms. The Hall–Kier alpha value is -3.35. The number of benzene rings is 2. The van der Waals surface area contributed by atoms with Gasteiger partial charge in [-0.25, -0.2) is 4.79 Å². The number of carbonyl (C=O) groups is 3. The Morgan fingerprint density at radius 3 is 2.29 bits per heavy atom. The summed E-state index contributed by atoms with van der Waals surface area (Å²) < 4.78 is 5.62. The van der Waals surface area contributed by atoms with Crippen molar-refractivity contribution in [1.82, 2.24) is 10.2 Å². The Morgan fingerprint density at radius 2 is 1.63 bits per heavy atom. The third-order valence-electron chi connectivity index (χ3n) is 7.30. The Bertz CT molecular complexity index is 1020. The van der Waals surface area contributed by atoms with Crippen molar-refractivity contribution in [3.63, 3.8) is 0 Å². The zero-order chi connectivity index (χ0) is 24.8. The molecular formula is C28H34N2O5. The standard InChI is InChI=1S/C28H34N2O5/c1-30(14-6-11-27(32)33)26(31)16-19-12-13-20(15-19)17-29-28(34)35-18-25-23-9-4-2-7-21(23)22-8-3-5-10-24(22)25/h2-5,7-10,19-20,25H,6,11-18H2,1H3,(H,29,34)(H,32,33). The third kappa shape index (κ3) is 6.21. The molecule has 4 rings (SSSR count). The second kappa shape index (κ2) is 11.4. The van der Waals surface area contributed by atoms with Gasteiger partial charge in [0.1, 0.15) is 6.61 Å². The van der Waals surface area contributed by atoms with Crippen molar-refractivity contribution in [2.24, 2.45) is 11.8 Å². The molecular weight excluding hydrogens is 444 g/mol. The van der Waals surface area contributed by atoms with Gasteiger partial charge in [0.2, 0.25) is 5.91 Å². The molecule has 2 aromatic rings. The highest BCUT2D eigenvalue weighted by molar-refractivity contribution is 5.79. The van der Waals surface area contributed by atoms with E-state index in [1.165, 1.54) is 22.3 Å². The summed E-state index contributed by atoms with van der Waals surface area (Å²) in [4.78, 5) is 37.1. The molecule has 2 aliphatic rings. The summed E-state index contributed by atoms with van der Waals surface area (Å²) in [5.41, 5.74) is 4.79. The molecule has 1 saturated carbocycles. The van der Waals surface area contributed by atoms with E-state index in [4.69, 9.17) is 9.84 Å². The first-order chi connectivity index (χ1) is 16.9. The average molecular weight is 479 g/mol. The van der Waals surface area contributed by atoms with Gasteiger partial charge in [0.25, 0.3) is 0 Å². The van der Waals surface area contributed by atoms with Gasteiger partial charge >= 0.3 is 12.1 Å². The highest BCUT2D eigenvalue weighted by Gasteiger charge is 2.30. The molecule has 35 heavy (non-hydrogen) atoms. The van der Waals surface area contributed by atoms with Crippen LogP contribution in [-0.2, 0) is 14.3 Å². The van der Waals surface area contributed by atoms with Gasteiger partial charge in [-0.05, 0) is 59.8 Å². The van der Waals surface area contributed by atoms with E-state index in [0.29, 0.717) is 44.4 Å². The van der Waals surface area contributed by atoms with Crippen molar-refractivity contribution in [1.29, 1.82) is 0 Å². The molecule has 2 atom stereocenters. The number of rotatable bonds is 10. The molecule has 0 spiro atoms. The molecule has 0 heterocycles. The maximum Gasteiger partial charge on any atom is 0.407 e. The van der Waals surface area contributed by atoms with Crippen LogP contribution in [0.15, 0.2) is 48.5 Å². The Kier molecular flexibility index (Phi) is 8.06. The van der Waals surface area contributed by atoms with Crippen molar-refractivity contribution in [3.8, 4) is 11.1 Å². The minimum Gasteiger partial charge on any atom is -0.481 e. The summed E-state index contributed by atoms with van der Waals surface area (Å²) in [6, 6.07) is 16.5. The van der Waals surface area contributed by atoms with Crippen LogP contribution >= 0.6 is 0 Å². The average Bonchev–Trinajstić information content (AvgIpc) is 3.43. The number of hydrogen-bond acceptors (Lipinski definition) is 4. The summed E-state index contributed by atoms with van der Waals surface area (Å²) in [7, 11) is 1.73. The van der Waals surface area contributed by atoms with Gasteiger partial charge in [-0.3, -0.25) is 9.59 Å². The minimum atomic E-state index is -0.839. The molecule has 2 aliphatic carbocycles. The molecule has 2 amide bonds. The van der Waals surface area contributed by atoms with Crippen molar-refractivity contribution in [2.45, 2.75) is 44.4 Å². The van der Waals surface area contributed by atoms with Gasteiger partial charge in [0, 0.05) is 38.9 Å². The van der Waals surface area contributed by atoms with Gasteiger partial charge < -0.3 is 20.1 Å². The second-order valence-corrected chi connectivity index (χ2v) is 9.77. The van der Waals surface area contributed by atoms with E-state index in [1.54, 1.807) is 11.9 Å². The number of fused-ring (bicyclic) bond motifs is 3. The Morgan fingerprint density at radius 1 is 1.00 bits per heavy atom. The fraction of sp³-hybridized carbons (Fsp3) is 0.464. The first-order valence-corrected chi connectivity index (χ1v) is 12.5. The monoisotopic (exact) mass is 478 g/mol. The molecule has 0 radical (unpaired) electrons. The molecule has 0 aliphatic heterocycles. The molecule has 0 aromatic heterocycles. The summed E-state index contributed by atoms with van der Waals surface area (Å²) in [6.07, 6.45) is 3.46. The molecule has 2 N–H and O–H groups in total. The number of nitrogens with one attached hydrogen (secondary N) is 1. The molecule has 2 aromatic carbocycles. The predicted octanol–water partition coefficient (Wildman–Crippen LogP) is 4.65. The van der Waals surface area contributed by atoms with E-state index in [0.717, 1.165) is 19.3 Å². The number of carboxylic acid groups (broad SMARTS) is 1. The number of nitrogens with zero attached hydrogens (tertiary/aromatic N) is 1. The summed E-state index contributed by atoms with van der Waals surface area (Å²) >= 11 is 0. The molecule has 186 valence electrons. The SMILES string of the molecule is CN(CCCC(=O)O)C(=O)CC1CCC(CNC(=O)OCC2c3ccccc3-c3ccccc32)C1. The molecule has 7 nitrogen and oxygen atoms in total. The summed E-state index contributed by atoms with van der Waals surface area (Å²) in [5.74, 6) is -0.0919. The Labute approximate surface area is 206 Å². The largest absolute Gasteiger partial charge is 0.481 e. The summed E-state index contributed by atoms with van der Waals surface area (Å²) in [6.45, 7) is 1.32. The van der Waals surface area contributed by atoms with Crippen LogP contribution in [0.3, 0.4) is 0 Å². The highest BCUT2D eigenvalue weighted by Crippen LogP contribution is 2.44. The van der Waals surface area contributed by atoms with Gasteiger partial charge in [-0.15, -0.1) is 0 Å². The van der Waals surface area contributed by atoms with Crippen LogP contribution in [0.5, 0.6) is 0 Å². The summed E-state index contributed by atoms with van der Waals surface area (Å²) in [5, 5.41) is 11.7. The Balaban J connectivity index is 1.19. The number of alkyl carbamates (subject to hydrolysis) is 1. The number of hydrogen-bond donors (Lipinski definition) is 2. The maximum absolute atomic E-state index is 12.4. The van der Waals surface area contributed by atoms with Crippen LogP contribution in [0.4, 0.5) is 4.79 Å². The third-order valence-corrected chi connectivity index (χ3v) is 7.30. The lowest BCUT2D eigenvalue weighted by atomic mass is 9.98. The van der Waals surface area contributed by atoms with Gasteiger partial charge in [0.15, 0.2) is 0 Å². The fourth-order valence-electron chi connectivity index (χ4n) is 5.42. The van der Waals surface area contributed by atoms with E-state index in [-0.39, 0.29) is 18.2 Å². The van der Waals surface area contributed by atoms with Crippen molar-refractivity contribution in [2.75, 3.05) is 26.7 Å². The minimum absolute atomic E-state index is 0.0440. The van der Waals surface area contributed by atoms with E-state index >= 15 is 0 Å². The smallest absolute Gasteiger partial charge is 0.407 e. The van der Waals surface area contributed by atoms with Crippen LogP contribution in [0.25, 0.3) is 11.1 Å². The topological polar surface area (TPSA) is 95.9 Å². The van der Waals surface area contributed by atoms with Crippen LogP contribution in [0.1, 0.15) is 55.6 Å². The molecule has 2 unspecified atom stereocenters. The van der Waals surface area contributed by atoms with E-state index < -0.39 is 12.1 Å². The van der Waals surface area contributed by atoms with Gasteiger partial charge in [0.05, 0.1) is 0 Å². The number of ether oxygens (including phenoxy) is 1. The highest BCUT2D eigenvalue weighted by atomic mass is 16.5. The normalized spacial score (nSPS) is 18.5. The lowest BCUT2D eigenvalue weighted by Crippen LogP contribution is -2.31. The van der Waals surface area contributed by atoms with E-state index in [2.05, 4.69) is 29.6 Å². The first kappa shape index (κ1) is 24.8. The van der Waals surface area contributed by atoms with Crippen LogP contribution in [0.2, 0.25) is 0 Å². The van der Waals surface area contributed by atoms with Crippen molar-refractivity contribution in [3.05, 3.63) is 59.7 Å². The van der Waals surface area contributed by atoms with Crippen molar-refractivity contribution < 1.29 is 24.2 Å². The fourth-order valence-corrected chi connectivity index (χ4v) is 5.42. The van der Waals surface area contributed by atoms with E-state index in [1.807, 2.05) is 24.3 Å². The van der Waals surface area contributed by atoms with Crippen LogP contribution in [0, 0.1) is 11.8 Å². The van der Waals surface area contributed by atoms with Crippen molar-refractivity contribution >= 4 is 18.0 Å². The van der Waals surface area contributed by atoms with Crippen LogP contribution in [-0.4, -0.2) is 54.7 Å². The lowest BCUT2D eigenvalue weighted by Gasteiger charge is -2.19. The van der Waals surface area contributed by atoms with E-state index in [9.17, 15) is 14.4 Å². The zero-order valence-electron chi connectivity index (χ0n) is 20.2. The van der Waals surface area contributed by atoms with Crippen LogP contribution < -0.4 is 5.32 Å². The number of aliphatic carboxylic acids is 1. The predicted molar refractivity (Wildman–Crippen MR) is 133 cm³/mol. The zero-order valence-corrected chi connectivity index (χ0v) is 20.2. The molecule has 0 bridgehead atoms. The second-order valence-electron chi connectivity index (χ2n) is 9.77. The molecule has 0 saturated heterocycles. The quantitative estimate of drug-likeness (QED) is 0.518. The maximum atomic E-state index is 12.4. The number of amides is 2.